The largest absolute Gasteiger partial charge is 0.478 e. The van der Waals surface area contributed by atoms with Gasteiger partial charge in [0.15, 0.2) is 0 Å². The summed E-state index contributed by atoms with van der Waals surface area (Å²) in [6.07, 6.45) is 9.74. The molecule has 1 fully saturated rings. The van der Waals surface area contributed by atoms with Crippen molar-refractivity contribution in [3.63, 3.8) is 0 Å². The fraction of sp³-hybridized carbons (Fsp3) is 0.400. The zero-order valence-corrected chi connectivity index (χ0v) is 12.8. The van der Waals surface area contributed by atoms with E-state index in [9.17, 15) is 4.79 Å². The predicted octanol–water partition coefficient (Wildman–Crippen LogP) is 1.07. The number of aromatic carboxylic acids is 1. The molecule has 23 heavy (non-hydrogen) atoms. The molecule has 0 spiro atoms. The minimum Gasteiger partial charge on any atom is -0.478 e. The summed E-state index contributed by atoms with van der Waals surface area (Å²) in [6, 6.07) is 0.318. The number of carboxylic acids is 1. The summed E-state index contributed by atoms with van der Waals surface area (Å²) in [5, 5.41) is 8.89. The maximum Gasteiger partial charge on any atom is 0.338 e. The zero-order valence-electron chi connectivity index (χ0n) is 12.8. The molecular formula is C15H18N6O2. The van der Waals surface area contributed by atoms with E-state index >= 15 is 0 Å². The number of nitrogens with zero attached hydrogens (tertiary/aromatic N) is 6. The number of carboxylic acid groups (broad SMARTS) is 1. The van der Waals surface area contributed by atoms with Crippen LogP contribution in [0.25, 0.3) is 0 Å². The third kappa shape index (κ3) is 3.36. The van der Waals surface area contributed by atoms with Gasteiger partial charge in [0, 0.05) is 51.0 Å². The third-order valence-corrected chi connectivity index (χ3v) is 4.09. The Labute approximate surface area is 133 Å². The lowest BCUT2D eigenvalue weighted by atomic mass is 10.0. The van der Waals surface area contributed by atoms with Crippen LogP contribution >= 0.6 is 0 Å². The van der Waals surface area contributed by atoms with Gasteiger partial charge in [0.2, 0.25) is 5.95 Å². The number of carbonyl (C=O) groups is 1. The van der Waals surface area contributed by atoms with Crippen LogP contribution in [0.2, 0.25) is 0 Å². The van der Waals surface area contributed by atoms with Gasteiger partial charge in [0.05, 0.1) is 11.8 Å². The Morgan fingerprint density at radius 2 is 1.87 bits per heavy atom. The van der Waals surface area contributed by atoms with Gasteiger partial charge in [0.25, 0.3) is 0 Å². The standard InChI is InChI=1S/C15H18N6O2/c1-20(15-18-8-11(9-19-15)14(22)23)12-2-6-21(7-3-12)13-10-16-4-5-17-13/h4-5,8-10,12H,2-3,6-7H2,1H3,(H,22,23). The van der Waals surface area contributed by atoms with E-state index in [1.54, 1.807) is 18.6 Å². The Bertz CT molecular complexity index is 655. The van der Waals surface area contributed by atoms with E-state index in [-0.39, 0.29) is 5.56 Å². The van der Waals surface area contributed by atoms with Crippen LogP contribution in [0.15, 0.2) is 31.0 Å². The molecule has 0 amide bonds. The number of hydrogen-bond acceptors (Lipinski definition) is 7. The van der Waals surface area contributed by atoms with Gasteiger partial charge in [-0.05, 0) is 12.8 Å². The van der Waals surface area contributed by atoms with Crippen LogP contribution in [0.3, 0.4) is 0 Å². The first-order valence-corrected chi connectivity index (χ1v) is 7.44. The second-order valence-corrected chi connectivity index (χ2v) is 5.47. The fourth-order valence-electron chi connectivity index (χ4n) is 2.71. The first-order chi connectivity index (χ1) is 11.1. The molecule has 1 N–H and O–H groups in total. The lowest BCUT2D eigenvalue weighted by Crippen LogP contribution is -2.44. The monoisotopic (exact) mass is 314 g/mol. The predicted molar refractivity (Wildman–Crippen MR) is 84.7 cm³/mol. The van der Waals surface area contributed by atoms with Crippen molar-refractivity contribution in [1.82, 2.24) is 19.9 Å². The van der Waals surface area contributed by atoms with Crippen molar-refractivity contribution in [2.75, 3.05) is 29.9 Å². The van der Waals surface area contributed by atoms with Crippen LogP contribution in [0.4, 0.5) is 11.8 Å². The lowest BCUT2D eigenvalue weighted by molar-refractivity contribution is 0.0696. The highest BCUT2D eigenvalue weighted by molar-refractivity contribution is 5.86. The summed E-state index contributed by atoms with van der Waals surface area (Å²) in [5.41, 5.74) is 0.0969. The quantitative estimate of drug-likeness (QED) is 0.895. The molecule has 3 rings (SSSR count). The second kappa shape index (κ2) is 6.55. The normalized spacial score (nSPS) is 15.4. The van der Waals surface area contributed by atoms with Crippen LogP contribution < -0.4 is 9.80 Å². The number of aromatic nitrogens is 4. The molecule has 0 bridgehead atoms. The third-order valence-electron chi connectivity index (χ3n) is 4.09. The van der Waals surface area contributed by atoms with Crippen LogP contribution in [0, 0.1) is 0 Å². The lowest BCUT2D eigenvalue weighted by Gasteiger charge is -2.37. The molecule has 3 heterocycles. The zero-order chi connectivity index (χ0) is 16.2. The Morgan fingerprint density at radius 3 is 2.43 bits per heavy atom. The number of hydrogen-bond donors (Lipinski definition) is 1. The fourth-order valence-corrected chi connectivity index (χ4v) is 2.71. The molecule has 2 aromatic rings. The topological polar surface area (TPSA) is 95.3 Å². The average molecular weight is 314 g/mol. The van der Waals surface area contributed by atoms with Crippen molar-refractivity contribution in [2.24, 2.45) is 0 Å². The Hall–Kier alpha value is -2.77. The summed E-state index contributed by atoms with van der Waals surface area (Å²) in [7, 11) is 1.94. The van der Waals surface area contributed by atoms with Crippen molar-refractivity contribution in [3.8, 4) is 0 Å². The molecule has 1 saturated heterocycles. The molecular weight excluding hydrogens is 296 g/mol. The summed E-state index contributed by atoms with van der Waals surface area (Å²) >= 11 is 0. The SMILES string of the molecule is CN(c1ncc(C(=O)O)cn1)C1CCN(c2cnccn2)CC1. The first-order valence-electron chi connectivity index (χ1n) is 7.44. The molecule has 0 atom stereocenters. The van der Waals surface area contributed by atoms with Crippen LogP contribution in [0.5, 0.6) is 0 Å². The van der Waals surface area contributed by atoms with Gasteiger partial charge in [-0.3, -0.25) is 4.98 Å². The highest BCUT2D eigenvalue weighted by Crippen LogP contribution is 2.21. The van der Waals surface area contributed by atoms with Gasteiger partial charge in [-0.1, -0.05) is 0 Å². The summed E-state index contributed by atoms with van der Waals surface area (Å²) in [4.78, 5) is 31.8. The molecule has 1 aliphatic heterocycles. The molecule has 0 unspecified atom stereocenters. The molecule has 0 radical (unpaired) electrons. The number of piperidine rings is 1. The van der Waals surface area contributed by atoms with E-state index in [0.717, 1.165) is 31.7 Å². The molecule has 120 valence electrons. The highest BCUT2D eigenvalue weighted by Gasteiger charge is 2.24. The van der Waals surface area contributed by atoms with Gasteiger partial charge in [-0.2, -0.15) is 0 Å². The maximum absolute atomic E-state index is 10.8. The van der Waals surface area contributed by atoms with Crippen LogP contribution in [-0.4, -0.2) is 57.2 Å². The number of anilines is 2. The summed E-state index contributed by atoms with van der Waals surface area (Å²) in [5.74, 6) is 0.431. The summed E-state index contributed by atoms with van der Waals surface area (Å²) < 4.78 is 0. The van der Waals surface area contributed by atoms with Crippen molar-refractivity contribution >= 4 is 17.7 Å². The maximum atomic E-state index is 10.8. The van der Waals surface area contributed by atoms with Crippen LogP contribution in [0.1, 0.15) is 23.2 Å². The van der Waals surface area contributed by atoms with Crippen molar-refractivity contribution < 1.29 is 9.90 Å². The Balaban J connectivity index is 1.61. The van der Waals surface area contributed by atoms with Crippen LogP contribution in [-0.2, 0) is 0 Å². The van der Waals surface area contributed by atoms with E-state index in [2.05, 4.69) is 24.8 Å². The van der Waals surface area contributed by atoms with E-state index < -0.39 is 5.97 Å². The van der Waals surface area contributed by atoms with Crippen molar-refractivity contribution in [3.05, 3.63) is 36.5 Å². The van der Waals surface area contributed by atoms with E-state index in [4.69, 9.17) is 5.11 Å². The van der Waals surface area contributed by atoms with Gasteiger partial charge in [0.1, 0.15) is 5.82 Å². The minimum absolute atomic E-state index is 0.0969. The molecule has 8 nitrogen and oxygen atoms in total. The van der Waals surface area contributed by atoms with E-state index in [1.165, 1.54) is 12.4 Å². The molecule has 0 aliphatic carbocycles. The van der Waals surface area contributed by atoms with Crippen molar-refractivity contribution in [1.29, 1.82) is 0 Å². The molecule has 8 heteroatoms. The number of rotatable bonds is 4. The summed E-state index contributed by atoms with van der Waals surface area (Å²) in [6.45, 7) is 1.78. The molecule has 0 aromatic carbocycles. The van der Waals surface area contributed by atoms with Gasteiger partial charge in [-0.15, -0.1) is 0 Å². The smallest absolute Gasteiger partial charge is 0.338 e. The van der Waals surface area contributed by atoms with Gasteiger partial charge < -0.3 is 14.9 Å². The van der Waals surface area contributed by atoms with E-state index in [1.807, 2.05) is 11.9 Å². The van der Waals surface area contributed by atoms with Crippen molar-refractivity contribution in [2.45, 2.75) is 18.9 Å². The van der Waals surface area contributed by atoms with Gasteiger partial charge in [-0.25, -0.2) is 19.7 Å². The highest BCUT2D eigenvalue weighted by atomic mass is 16.4. The molecule has 1 aliphatic rings. The van der Waals surface area contributed by atoms with Gasteiger partial charge >= 0.3 is 5.97 Å². The minimum atomic E-state index is -1.02. The molecule has 0 saturated carbocycles. The van der Waals surface area contributed by atoms with E-state index in [0.29, 0.717) is 12.0 Å². The Kier molecular flexibility index (Phi) is 4.31. The molecule has 2 aromatic heterocycles. The Morgan fingerprint density at radius 1 is 1.17 bits per heavy atom. The second-order valence-electron chi connectivity index (χ2n) is 5.47. The first kappa shape index (κ1) is 15.1. The average Bonchev–Trinajstić information content (AvgIpc) is 2.62.